The third kappa shape index (κ3) is 3.71. The first-order valence-electron chi connectivity index (χ1n) is 8.13. The van der Waals surface area contributed by atoms with Gasteiger partial charge in [-0.25, -0.2) is 9.69 Å². The van der Waals surface area contributed by atoms with Gasteiger partial charge in [-0.3, -0.25) is 14.9 Å². The first kappa shape index (κ1) is 18.7. The molecule has 0 saturated carbocycles. The fraction of sp³-hybridized carbons (Fsp3) is 0.150. The van der Waals surface area contributed by atoms with Gasteiger partial charge in [0, 0.05) is 5.02 Å². The van der Waals surface area contributed by atoms with Gasteiger partial charge in [-0.15, -0.1) is 0 Å². The summed E-state index contributed by atoms with van der Waals surface area (Å²) in [7, 11) is 1.49. The zero-order valence-corrected chi connectivity index (χ0v) is 15.8. The number of nitrogens with one attached hydrogen (secondary N) is 1. The predicted molar refractivity (Wildman–Crippen MR) is 103 cm³/mol. The molecule has 2 aromatic carbocycles. The van der Waals surface area contributed by atoms with E-state index in [1.165, 1.54) is 13.2 Å². The Morgan fingerprint density at radius 3 is 2.48 bits per heavy atom. The Morgan fingerprint density at radius 1 is 1.07 bits per heavy atom. The number of halogens is 1. The molecule has 0 aliphatic carbocycles. The molecule has 27 heavy (non-hydrogen) atoms. The van der Waals surface area contributed by atoms with Crippen LogP contribution in [0.1, 0.15) is 16.7 Å². The van der Waals surface area contributed by atoms with E-state index in [9.17, 15) is 14.4 Å². The van der Waals surface area contributed by atoms with Gasteiger partial charge in [0.15, 0.2) is 0 Å². The Labute approximate surface area is 161 Å². The second kappa shape index (κ2) is 7.25. The minimum atomic E-state index is -0.780. The Balaban J connectivity index is 2.06. The molecule has 2 aromatic rings. The summed E-state index contributed by atoms with van der Waals surface area (Å²) in [6, 6.07) is 9.39. The number of amides is 4. The van der Waals surface area contributed by atoms with Crippen molar-refractivity contribution in [2.75, 3.05) is 12.0 Å². The van der Waals surface area contributed by atoms with Gasteiger partial charge in [0.25, 0.3) is 11.8 Å². The van der Waals surface area contributed by atoms with Gasteiger partial charge < -0.3 is 4.74 Å². The summed E-state index contributed by atoms with van der Waals surface area (Å²) >= 11 is 6.04. The fourth-order valence-corrected chi connectivity index (χ4v) is 3.12. The van der Waals surface area contributed by atoms with E-state index >= 15 is 0 Å². The molecule has 0 unspecified atom stereocenters. The summed E-state index contributed by atoms with van der Waals surface area (Å²) in [5, 5.41) is 2.60. The molecule has 0 spiro atoms. The van der Waals surface area contributed by atoms with Crippen molar-refractivity contribution < 1.29 is 19.1 Å². The molecule has 4 amide bonds. The number of aryl methyl sites for hydroxylation is 2. The van der Waals surface area contributed by atoms with Crippen LogP contribution in [0.4, 0.5) is 10.5 Å². The van der Waals surface area contributed by atoms with Crippen molar-refractivity contribution in [2.45, 2.75) is 13.8 Å². The van der Waals surface area contributed by atoms with Crippen LogP contribution in [0.5, 0.6) is 5.75 Å². The summed E-state index contributed by atoms with van der Waals surface area (Å²) in [5.41, 5.74) is 2.51. The summed E-state index contributed by atoms with van der Waals surface area (Å²) < 4.78 is 5.15. The molecule has 1 heterocycles. The van der Waals surface area contributed by atoms with E-state index in [2.05, 4.69) is 5.32 Å². The van der Waals surface area contributed by atoms with Gasteiger partial charge in [0.05, 0.1) is 12.8 Å². The molecule has 1 fully saturated rings. The Morgan fingerprint density at radius 2 is 1.81 bits per heavy atom. The number of hydrogen-bond acceptors (Lipinski definition) is 4. The number of imide groups is 2. The molecule has 0 aromatic heterocycles. The number of nitrogens with zero attached hydrogens (tertiary/aromatic N) is 1. The molecule has 1 N–H and O–H groups in total. The maximum absolute atomic E-state index is 12.9. The number of ether oxygens (including phenoxy) is 1. The van der Waals surface area contributed by atoms with E-state index < -0.39 is 17.8 Å². The first-order valence-corrected chi connectivity index (χ1v) is 8.51. The highest BCUT2D eigenvalue weighted by Crippen LogP contribution is 2.27. The van der Waals surface area contributed by atoms with Crippen LogP contribution in [0, 0.1) is 13.8 Å². The molecular weight excluding hydrogens is 368 g/mol. The molecular formula is C20H17ClN2O4. The molecule has 3 rings (SSSR count). The van der Waals surface area contributed by atoms with Crippen LogP contribution >= 0.6 is 11.6 Å². The maximum atomic E-state index is 12.9. The van der Waals surface area contributed by atoms with Crippen LogP contribution < -0.4 is 15.0 Å². The summed E-state index contributed by atoms with van der Waals surface area (Å²) in [6.45, 7) is 3.71. The lowest BCUT2D eigenvalue weighted by molar-refractivity contribution is -0.122. The van der Waals surface area contributed by atoms with Crippen LogP contribution in [0.3, 0.4) is 0 Å². The maximum Gasteiger partial charge on any atom is 0.335 e. The van der Waals surface area contributed by atoms with Gasteiger partial charge >= 0.3 is 6.03 Å². The van der Waals surface area contributed by atoms with E-state index in [0.29, 0.717) is 22.0 Å². The summed E-state index contributed by atoms with van der Waals surface area (Å²) in [4.78, 5) is 38.5. The minimum Gasteiger partial charge on any atom is -0.497 e. The molecule has 7 heteroatoms. The number of benzene rings is 2. The third-order valence-corrected chi connectivity index (χ3v) is 4.35. The van der Waals surface area contributed by atoms with Gasteiger partial charge in [-0.05, 0) is 55.3 Å². The molecule has 0 radical (unpaired) electrons. The van der Waals surface area contributed by atoms with E-state index in [0.717, 1.165) is 16.0 Å². The van der Waals surface area contributed by atoms with Crippen LogP contribution in [-0.2, 0) is 9.59 Å². The van der Waals surface area contributed by atoms with E-state index in [1.807, 2.05) is 13.0 Å². The standard InChI is InChI=1S/C20H17ClN2O4/c1-11-4-5-17(12(2)6-11)23-19(25)16(18(24)22-20(23)26)9-13-7-14(21)10-15(8-13)27-3/h4-10H,1-3H3,(H,22,24,26)/b16-9+. The van der Waals surface area contributed by atoms with E-state index in [4.69, 9.17) is 16.3 Å². The lowest BCUT2D eigenvalue weighted by Crippen LogP contribution is -2.54. The molecule has 1 aliphatic heterocycles. The largest absolute Gasteiger partial charge is 0.497 e. The SMILES string of the molecule is COc1cc(Cl)cc(/C=C2\C(=O)NC(=O)N(c3ccc(C)cc3C)C2=O)c1. The fourth-order valence-electron chi connectivity index (χ4n) is 2.88. The van der Waals surface area contributed by atoms with Crippen molar-refractivity contribution in [1.29, 1.82) is 0 Å². The van der Waals surface area contributed by atoms with Crippen molar-refractivity contribution in [3.63, 3.8) is 0 Å². The average Bonchev–Trinajstić information content (AvgIpc) is 2.59. The normalized spacial score (nSPS) is 15.9. The van der Waals surface area contributed by atoms with Crippen LogP contribution in [0.15, 0.2) is 42.0 Å². The van der Waals surface area contributed by atoms with Gasteiger partial charge in [0.1, 0.15) is 11.3 Å². The number of anilines is 1. The smallest absolute Gasteiger partial charge is 0.335 e. The minimum absolute atomic E-state index is 0.168. The van der Waals surface area contributed by atoms with Gasteiger partial charge in [-0.2, -0.15) is 0 Å². The van der Waals surface area contributed by atoms with Gasteiger partial charge in [0.2, 0.25) is 0 Å². The van der Waals surface area contributed by atoms with Crippen LogP contribution in [-0.4, -0.2) is 25.0 Å². The number of methoxy groups -OCH3 is 1. The van der Waals surface area contributed by atoms with Crippen molar-refractivity contribution in [1.82, 2.24) is 5.32 Å². The average molecular weight is 385 g/mol. The second-order valence-electron chi connectivity index (χ2n) is 6.17. The van der Waals surface area contributed by atoms with Crippen molar-refractivity contribution in [3.8, 4) is 5.75 Å². The number of barbiturate groups is 1. The number of hydrogen-bond donors (Lipinski definition) is 1. The molecule has 1 aliphatic rings. The molecule has 1 saturated heterocycles. The van der Waals surface area contributed by atoms with Crippen LogP contribution in [0.25, 0.3) is 6.08 Å². The lowest BCUT2D eigenvalue weighted by atomic mass is 10.0. The highest BCUT2D eigenvalue weighted by atomic mass is 35.5. The zero-order chi connectivity index (χ0) is 19.7. The third-order valence-electron chi connectivity index (χ3n) is 4.14. The quantitative estimate of drug-likeness (QED) is 0.647. The zero-order valence-electron chi connectivity index (χ0n) is 15.0. The van der Waals surface area contributed by atoms with E-state index in [-0.39, 0.29) is 5.57 Å². The second-order valence-corrected chi connectivity index (χ2v) is 6.61. The van der Waals surface area contributed by atoms with Crippen molar-refractivity contribution in [2.24, 2.45) is 0 Å². The highest BCUT2D eigenvalue weighted by Gasteiger charge is 2.37. The monoisotopic (exact) mass is 384 g/mol. The number of carbonyl (C=O) groups excluding carboxylic acids is 3. The molecule has 0 bridgehead atoms. The van der Waals surface area contributed by atoms with Crippen molar-refractivity contribution >= 4 is 41.2 Å². The van der Waals surface area contributed by atoms with Crippen molar-refractivity contribution in [3.05, 3.63) is 63.7 Å². The number of rotatable bonds is 3. The number of carbonyl (C=O) groups is 3. The summed E-state index contributed by atoms with van der Waals surface area (Å²) in [5.74, 6) is -0.972. The number of urea groups is 1. The predicted octanol–water partition coefficient (Wildman–Crippen LogP) is 3.63. The van der Waals surface area contributed by atoms with E-state index in [1.54, 1.807) is 37.3 Å². The Kier molecular flexibility index (Phi) is 5.01. The van der Waals surface area contributed by atoms with Crippen LogP contribution in [0.2, 0.25) is 5.02 Å². The Hall–Kier alpha value is -3.12. The van der Waals surface area contributed by atoms with Gasteiger partial charge in [-0.1, -0.05) is 29.3 Å². The summed E-state index contributed by atoms with van der Waals surface area (Å²) in [6.07, 6.45) is 1.38. The first-order chi connectivity index (χ1) is 12.8. The highest BCUT2D eigenvalue weighted by molar-refractivity contribution is 6.39. The topological polar surface area (TPSA) is 75.7 Å². The molecule has 0 atom stereocenters. The lowest BCUT2D eigenvalue weighted by Gasteiger charge is -2.27. The Bertz CT molecular complexity index is 997. The molecule has 6 nitrogen and oxygen atoms in total. The molecule has 138 valence electrons.